The first-order valence-electron chi connectivity index (χ1n) is 36.6. The van der Waals surface area contributed by atoms with E-state index in [0.717, 1.165) is 46.6 Å². The Kier molecular flexibility index (Phi) is 32.8. The summed E-state index contributed by atoms with van der Waals surface area (Å²) in [4.78, 5) is 56.5. The summed E-state index contributed by atoms with van der Waals surface area (Å²) in [5, 5.41) is 0. The van der Waals surface area contributed by atoms with Crippen LogP contribution in [0.4, 0.5) is 114 Å². The molecular formula is C76H84F26N2O14. The van der Waals surface area contributed by atoms with E-state index in [9.17, 15) is 116 Å². The van der Waals surface area contributed by atoms with Crippen LogP contribution in [-0.2, 0) is 66.5 Å². The summed E-state index contributed by atoms with van der Waals surface area (Å²) in [5.74, 6) is -94.9. The topological polar surface area (TPSA) is 167 Å². The third-order valence-electron chi connectivity index (χ3n) is 20.6. The third-order valence-corrected chi connectivity index (χ3v) is 20.6. The van der Waals surface area contributed by atoms with Crippen LogP contribution < -0.4 is 0 Å². The smallest absolute Gasteiger partial charge is 0.460 e. The van der Waals surface area contributed by atoms with E-state index in [1.54, 1.807) is 72.8 Å². The van der Waals surface area contributed by atoms with Crippen LogP contribution in [0.15, 0.2) is 122 Å². The Labute approximate surface area is 658 Å². The number of likely N-dealkylation sites (tertiary alicyclic amines) is 2. The molecule has 6 aliphatic rings. The van der Waals surface area contributed by atoms with E-state index in [-0.39, 0.29) is 65.9 Å². The average molecular weight is 1740 g/mol. The summed E-state index contributed by atoms with van der Waals surface area (Å²) in [6.07, 6.45) is -9.49. The third kappa shape index (κ3) is 20.4. The van der Waals surface area contributed by atoms with E-state index in [1.165, 1.54) is 52.4 Å². The highest BCUT2D eigenvalue weighted by atomic mass is 19.4. The maximum Gasteiger partial charge on any atom is 0.460 e. The minimum absolute atomic E-state index is 0.0752. The highest BCUT2D eigenvalue weighted by Crippen LogP contribution is 2.66. The number of halogens is 26. The Morgan fingerprint density at radius 2 is 0.627 bits per heavy atom. The van der Waals surface area contributed by atoms with Gasteiger partial charge in [-0.1, -0.05) is 109 Å². The van der Waals surface area contributed by atoms with Crippen molar-refractivity contribution in [3.63, 3.8) is 0 Å². The van der Waals surface area contributed by atoms with Crippen LogP contribution in [0.1, 0.15) is 50.7 Å². The predicted molar refractivity (Wildman–Crippen MR) is 364 cm³/mol. The van der Waals surface area contributed by atoms with Gasteiger partial charge in [0.15, 0.2) is 0 Å². The lowest BCUT2D eigenvalue weighted by atomic mass is 9.82. The van der Waals surface area contributed by atoms with Crippen LogP contribution in [0.5, 0.6) is 0 Å². The molecule has 6 fully saturated rings. The van der Waals surface area contributed by atoms with Crippen molar-refractivity contribution in [3.8, 4) is 0 Å². The summed E-state index contributed by atoms with van der Waals surface area (Å²) in [7, 11) is 2.99. The fraction of sp³-hybridized carbons (Fsp3) is 0.632. The predicted octanol–water partition coefficient (Wildman–Crippen LogP) is 16.5. The SMILES string of the molecule is CCO/C=C\C1CC(/C=C/C2OC(/C=C\c3ccccc3)[C@@H]3C(=O)N(CCOCCOCCOC)C(=O)[C@H]23)CC1C(F)(F)C(F)(F)C(F)(F)C(F)(F)C(F)(F)C(F)(F)F.CCO/C=C\C1CC(/C=C/C2OC(/C=C\c3ccccc3)[C@@H]3C(=O)N(CCOCCOCCOC)C(=O)[C@H]23)CC1C(F)(F)C(F)(F)C(F)(F)C(F)(F)C(F)(F)C(F)(F)F. The van der Waals surface area contributed by atoms with E-state index < -0.39 is 204 Å². The number of hydrogen-bond acceptors (Lipinski definition) is 14. The molecule has 0 N–H and O–H groups in total. The number of nitrogens with zero attached hydrogens (tertiary/aromatic N) is 2. The minimum Gasteiger partial charge on any atom is -0.502 e. The Morgan fingerprint density at radius 3 is 0.915 bits per heavy atom. The van der Waals surface area contributed by atoms with E-state index in [1.807, 2.05) is 0 Å². The van der Waals surface area contributed by atoms with Gasteiger partial charge in [-0.05, 0) is 86.5 Å². The highest BCUT2D eigenvalue weighted by Gasteiger charge is 2.93. The van der Waals surface area contributed by atoms with Crippen molar-refractivity contribution in [2.45, 2.75) is 136 Å². The summed E-state index contributed by atoms with van der Waals surface area (Å²) >= 11 is 0. The molecular weight excluding hydrogens is 1660 g/mol. The van der Waals surface area contributed by atoms with Crippen LogP contribution in [0.3, 0.4) is 0 Å². The number of rotatable bonds is 42. The highest BCUT2D eigenvalue weighted by molar-refractivity contribution is 6.07. The van der Waals surface area contributed by atoms with Crippen LogP contribution in [-0.4, -0.2) is 236 Å². The molecule has 2 aromatic rings. The maximum atomic E-state index is 15.6. The number of benzene rings is 2. The number of imide groups is 2. The van der Waals surface area contributed by atoms with Gasteiger partial charge in [0, 0.05) is 26.1 Å². The molecule has 4 saturated heterocycles. The number of alkyl halides is 26. The van der Waals surface area contributed by atoms with E-state index >= 15 is 17.6 Å². The second-order valence-corrected chi connectivity index (χ2v) is 28.0. The summed E-state index contributed by atoms with van der Waals surface area (Å²) in [5.41, 5.74) is 1.38. The van der Waals surface area contributed by atoms with Gasteiger partial charge in [-0.25, -0.2) is 0 Å². The van der Waals surface area contributed by atoms with Gasteiger partial charge >= 0.3 is 71.6 Å². The van der Waals surface area contributed by atoms with E-state index in [2.05, 4.69) is 0 Å². The monoisotopic (exact) mass is 1740 g/mol. The van der Waals surface area contributed by atoms with Crippen molar-refractivity contribution in [1.29, 1.82) is 0 Å². The van der Waals surface area contributed by atoms with E-state index in [4.69, 9.17) is 47.4 Å². The lowest BCUT2D eigenvalue weighted by Crippen LogP contribution is -2.71. The van der Waals surface area contributed by atoms with Gasteiger partial charge in [-0.2, -0.15) is 114 Å². The molecule has 4 amide bonds. The summed E-state index contributed by atoms with van der Waals surface area (Å²) in [6, 6.07) is 17.3. The van der Waals surface area contributed by atoms with Gasteiger partial charge in [-0.15, -0.1) is 0 Å². The van der Waals surface area contributed by atoms with Crippen LogP contribution in [0, 0.1) is 59.2 Å². The summed E-state index contributed by atoms with van der Waals surface area (Å²) < 4.78 is 420. The fourth-order valence-electron chi connectivity index (χ4n) is 14.4. The standard InChI is InChI=1S/2C38H42F13NO7/c2*1-3-56-15-13-25-21-24(22-26(25)33(39,40)34(41,42)35(43,44)36(45,46)37(47,48)38(49,50)51)10-12-28-30-29(27(59-28)11-9-23-7-5-4-6-8-23)31(53)52(32(30)54)14-16-57-19-20-58-18-17-55-2/h2*4-13,15,24-30H,3,14,16-22H2,1-2H3/b2*11-9-,12-10+,15-13-/t2*24?,25?,26?,27?,28?,29-,30+/m00/s1. The zero-order valence-corrected chi connectivity index (χ0v) is 62.9. The Bertz CT molecular complexity index is 3550. The number of carbonyl (C=O) groups excluding carboxylic acids is 4. The molecule has 0 aromatic heterocycles. The molecule has 14 atom stereocenters. The molecule has 118 heavy (non-hydrogen) atoms. The molecule has 0 spiro atoms. The van der Waals surface area contributed by atoms with Crippen molar-refractivity contribution in [2.24, 2.45) is 59.2 Å². The van der Waals surface area contributed by atoms with Crippen LogP contribution in [0.25, 0.3) is 12.2 Å². The molecule has 2 saturated carbocycles. The molecule has 4 heterocycles. The number of hydrogen-bond donors (Lipinski definition) is 0. The Morgan fingerprint density at radius 1 is 0.347 bits per heavy atom. The quantitative estimate of drug-likeness (QED) is 0.0202. The van der Waals surface area contributed by atoms with Gasteiger partial charge in [0.25, 0.3) is 0 Å². The Hall–Kier alpha value is -7.38. The van der Waals surface area contributed by atoms with Crippen LogP contribution in [0.2, 0.25) is 0 Å². The lowest BCUT2D eigenvalue weighted by Gasteiger charge is -2.42. The van der Waals surface area contributed by atoms with Crippen molar-refractivity contribution in [1.82, 2.24) is 9.80 Å². The molecule has 0 radical (unpaired) electrons. The van der Waals surface area contributed by atoms with Gasteiger partial charge in [0.2, 0.25) is 23.6 Å². The molecule has 664 valence electrons. The first-order valence-corrected chi connectivity index (χ1v) is 36.6. The largest absolute Gasteiger partial charge is 0.502 e. The second kappa shape index (κ2) is 39.6. The number of methoxy groups -OCH3 is 2. The molecule has 4 aliphatic heterocycles. The number of ether oxygens (including phenoxy) is 10. The zero-order valence-electron chi connectivity index (χ0n) is 62.9. The normalized spacial score (nSPS) is 26.4. The average Bonchev–Trinajstić information content (AvgIpc) is 1.64. The molecule has 8 rings (SSSR count). The summed E-state index contributed by atoms with van der Waals surface area (Å²) in [6.45, 7) is 4.06. The number of amides is 4. The second-order valence-electron chi connectivity index (χ2n) is 28.0. The van der Waals surface area contributed by atoms with Crippen molar-refractivity contribution in [3.05, 3.63) is 133 Å². The maximum absolute atomic E-state index is 15.6. The minimum atomic E-state index is -8.02. The molecule has 0 bridgehead atoms. The number of fused-ring (bicyclic) bond motifs is 2. The number of allylic oxidation sites excluding steroid dienone is 4. The molecule has 2 aliphatic carbocycles. The molecule has 42 heteroatoms. The van der Waals surface area contributed by atoms with Crippen molar-refractivity contribution >= 4 is 35.8 Å². The first kappa shape index (κ1) is 97.7. The van der Waals surface area contributed by atoms with Gasteiger partial charge in [-0.3, -0.25) is 29.0 Å². The van der Waals surface area contributed by atoms with Gasteiger partial charge < -0.3 is 47.4 Å². The van der Waals surface area contributed by atoms with Crippen molar-refractivity contribution in [2.75, 3.05) is 107 Å². The van der Waals surface area contributed by atoms with E-state index in [0.29, 0.717) is 37.6 Å². The van der Waals surface area contributed by atoms with Gasteiger partial charge in [0.1, 0.15) is 0 Å². The first-order chi connectivity index (χ1) is 55.0. The Balaban J connectivity index is 0.000000326. The molecule has 10 unspecified atom stereocenters. The van der Waals surface area contributed by atoms with Crippen LogP contribution >= 0.6 is 0 Å². The number of carbonyl (C=O) groups is 4. The molecule has 2 aromatic carbocycles. The lowest BCUT2D eigenvalue weighted by molar-refractivity contribution is -0.443. The zero-order chi connectivity index (χ0) is 88.1. The molecule has 16 nitrogen and oxygen atoms in total. The fourth-order valence-corrected chi connectivity index (χ4v) is 14.4. The van der Waals surface area contributed by atoms with Gasteiger partial charge in [0.05, 0.1) is 153 Å². The van der Waals surface area contributed by atoms with Crippen molar-refractivity contribution < 1.29 is 181 Å².